The predicted octanol–water partition coefficient (Wildman–Crippen LogP) is 4.19. The minimum atomic E-state index is -3.44. The largest absolute Gasteiger partial charge is 0.349 e. The van der Waals surface area contributed by atoms with Crippen LogP contribution in [0.3, 0.4) is 0 Å². The molecular weight excluding hydrogens is 396 g/mol. The Bertz CT molecular complexity index is 1050. The molecule has 3 atom stereocenters. The first-order valence-corrected chi connectivity index (χ1v) is 12.5. The second-order valence-electron chi connectivity index (χ2n) is 8.99. The number of benzene rings is 2. The number of carbonyl (C=O) groups is 1. The lowest BCUT2D eigenvalue weighted by Crippen LogP contribution is -2.38. The molecule has 1 N–H and O–H groups in total. The van der Waals surface area contributed by atoms with Crippen molar-refractivity contribution in [2.45, 2.75) is 52.1 Å². The predicted molar refractivity (Wildman–Crippen MR) is 120 cm³/mol. The van der Waals surface area contributed by atoms with Crippen molar-refractivity contribution in [1.29, 1.82) is 0 Å². The van der Waals surface area contributed by atoms with Crippen LogP contribution in [0.5, 0.6) is 0 Å². The van der Waals surface area contributed by atoms with Crippen LogP contribution in [0.1, 0.15) is 52.7 Å². The minimum absolute atomic E-state index is 0.0340. The molecule has 2 aliphatic rings. The van der Waals surface area contributed by atoms with Gasteiger partial charge in [0.2, 0.25) is 10.0 Å². The minimum Gasteiger partial charge on any atom is -0.349 e. The summed E-state index contributed by atoms with van der Waals surface area (Å²) in [6, 6.07) is 13.2. The maximum atomic E-state index is 12.6. The fourth-order valence-corrected chi connectivity index (χ4v) is 5.76. The number of hydrogen-bond donors (Lipinski definition) is 1. The maximum Gasteiger partial charge on any atom is 0.251 e. The summed E-state index contributed by atoms with van der Waals surface area (Å²) in [5.74, 6) is 1.39. The third-order valence-corrected chi connectivity index (χ3v) is 7.92. The van der Waals surface area contributed by atoms with E-state index in [-0.39, 0.29) is 12.5 Å². The zero-order valence-corrected chi connectivity index (χ0v) is 18.7. The second-order valence-corrected chi connectivity index (χ2v) is 10.9. The Labute approximate surface area is 179 Å². The number of carbonyl (C=O) groups excluding carboxylic acids is 1. The molecule has 0 radical (unpaired) electrons. The van der Waals surface area contributed by atoms with Gasteiger partial charge in [-0.2, -0.15) is 0 Å². The van der Waals surface area contributed by atoms with Crippen LogP contribution < -0.4 is 9.62 Å². The van der Waals surface area contributed by atoms with Crippen LogP contribution in [-0.2, 0) is 16.6 Å². The second kappa shape index (κ2) is 8.06. The number of aryl methyl sites for hydroxylation is 2. The van der Waals surface area contributed by atoms with E-state index in [1.54, 1.807) is 12.1 Å². The summed E-state index contributed by atoms with van der Waals surface area (Å²) < 4.78 is 26.3. The van der Waals surface area contributed by atoms with Crippen LogP contribution in [0.4, 0.5) is 5.69 Å². The molecule has 2 aromatic rings. The van der Waals surface area contributed by atoms with E-state index in [2.05, 4.69) is 5.32 Å². The fourth-order valence-electron chi connectivity index (χ4n) is 4.88. The number of amides is 1. The van der Waals surface area contributed by atoms with Gasteiger partial charge < -0.3 is 5.32 Å². The van der Waals surface area contributed by atoms with Crippen LogP contribution >= 0.6 is 0 Å². The molecule has 4 rings (SSSR count). The monoisotopic (exact) mass is 426 g/mol. The van der Waals surface area contributed by atoms with E-state index < -0.39 is 10.0 Å². The number of sulfonamides is 1. The topological polar surface area (TPSA) is 66.5 Å². The van der Waals surface area contributed by atoms with Crippen molar-refractivity contribution in [2.24, 2.45) is 11.8 Å². The fraction of sp³-hybridized carbons (Fsp3) is 0.458. The SMILES string of the molecule is Cc1ccc(N(Cc2ccc(C(=O)N[C@H]3C[C@H]4CC[C@H]3C4)cc2)S(C)(=O)=O)cc1C. The quantitative estimate of drug-likeness (QED) is 0.753. The summed E-state index contributed by atoms with van der Waals surface area (Å²) in [6.45, 7) is 4.21. The number of nitrogens with one attached hydrogen (secondary N) is 1. The number of nitrogens with zero attached hydrogens (tertiary/aromatic N) is 1. The molecule has 0 aromatic heterocycles. The van der Waals surface area contributed by atoms with Crippen molar-refractivity contribution in [1.82, 2.24) is 5.32 Å². The molecule has 0 heterocycles. The summed E-state index contributed by atoms with van der Waals surface area (Å²) in [6.07, 6.45) is 6.12. The lowest BCUT2D eigenvalue weighted by Gasteiger charge is -2.24. The Morgan fingerprint density at radius 2 is 1.77 bits per heavy atom. The van der Waals surface area contributed by atoms with Crippen molar-refractivity contribution < 1.29 is 13.2 Å². The van der Waals surface area contributed by atoms with Crippen LogP contribution in [0, 0.1) is 25.7 Å². The van der Waals surface area contributed by atoms with Gasteiger partial charge in [0, 0.05) is 11.6 Å². The molecule has 160 valence electrons. The smallest absolute Gasteiger partial charge is 0.251 e. The van der Waals surface area contributed by atoms with Crippen molar-refractivity contribution in [3.05, 3.63) is 64.7 Å². The Balaban J connectivity index is 1.47. The average molecular weight is 427 g/mol. The normalized spacial score (nSPS) is 22.8. The van der Waals surface area contributed by atoms with Crippen molar-refractivity contribution in [2.75, 3.05) is 10.6 Å². The average Bonchev–Trinajstić information content (AvgIpc) is 3.31. The van der Waals surface area contributed by atoms with Crippen molar-refractivity contribution in [3.8, 4) is 0 Å². The van der Waals surface area contributed by atoms with Gasteiger partial charge in [-0.05, 0) is 85.9 Å². The molecule has 6 heteroatoms. The number of anilines is 1. The molecular formula is C24H30N2O3S. The molecule has 2 fully saturated rings. The van der Waals surface area contributed by atoms with Gasteiger partial charge in [-0.3, -0.25) is 9.10 Å². The van der Waals surface area contributed by atoms with Crippen LogP contribution in [-0.4, -0.2) is 26.6 Å². The number of hydrogen-bond acceptors (Lipinski definition) is 3. The molecule has 30 heavy (non-hydrogen) atoms. The van der Waals surface area contributed by atoms with Gasteiger partial charge in [0.1, 0.15) is 0 Å². The highest BCUT2D eigenvalue weighted by molar-refractivity contribution is 7.92. The summed E-state index contributed by atoms with van der Waals surface area (Å²) in [4.78, 5) is 12.6. The van der Waals surface area contributed by atoms with Crippen molar-refractivity contribution >= 4 is 21.6 Å². The van der Waals surface area contributed by atoms with Gasteiger partial charge in [0.05, 0.1) is 18.5 Å². The van der Waals surface area contributed by atoms with Crippen LogP contribution in [0.15, 0.2) is 42.5 Å². The molecule has 0 unspecified atom stereocenters. The Morgan fingerprint density at radius 3 is 2.33 bits per heavy atom. The summed E-state index contributed by atoms with van der Waals surface area (Å²) in [7, 11) is -3.44. The molecule has 2 saturated carbocycles. The standard InChI is InChI=1S/C24H30N2O3S/c1-16-4-11-22(12-17(16)2)26(30(3,28)29)15-18-5-8-20(9-6-18)24(27)25-23-14-19-7-10-21(23)13-19/h4-6,8-9,11-12,19,21,23H,7,10,13-15H2,1-3H3,(H,25,27)/t19-,21-,23-/m0/s1. The Hall–Kier alpha value is -2.34. The Morgan fingerprint density at radius 1 is 1.03 bits per heavy atom. The van der Waals surface area contributed by atoms with Gasteiger partial charge in [-0.25, -0.2) is 8.42 Å². The van der Waals surface area contributed by atoms with Gasteiger partial charge in [-0.15, -0.1) is 0 Å². The molecule has 5 nitrogen and oxygen atoms in total. The zero-order chi connectivity index (χ0) is 21.5. The van der Waals surface area contributed by atoms with Gasteiger partial charge in [0.15, 0.2) is 0 Å². The Kier molecular flexibility index (Phi) is 5.62. The van der Waals surface area contributed by atoms with Gasteiger partial charge in [0.25, 0.3) is 5.91 Å². The van der Waals surface area contributed by atoms with E-state index in [9.17, 15) is 13.2 Å². The van der Waals surface area contributed by atoms with E-state index in [1.807, 2.05) is 44.2 Å². The lowest BCUT2D eigenvalue weighted by atomic mass is 9.95. The highest BCUT2D eigenvalue weighted by Crippen LogP contribution is 2.44. The molecule has 2 aromatic carbocycles. The maximum absolute atomic E-state index is 12.6. The summed E-state index contributed by atoms with van der Waals surface area (Å²) in [5, 5.41) is 3.20. The number of fused-ring (bicyclic) bond motifs is 2. The molecule has 2 aliphatic carbocycles. The molecule has 0 spiro atoms. The lowest BCUT2D eigenvalue weighted by molar-refractivity contribution is 0.0923. The first-order chi connectivity index (χ1) is 14.2. The molecule has 0 saturated heterocycles. The number of rotatable bonds is 6. The van der Waals surface area contributed by atoms with E-state index in [0.717, 1.165) is 29.0 Å². The van der Waals surface area contributed by atoms with Crippen LogP contribution in [0.25, 0.3) is 0 Å². The molecule has 0 aliphatic heterocycles. The van der Waals surface area contributed by atoms with Crippen LogP contribution in [0.2, 0.25) is 0 Å². The third-order valence-electron chi connectivity index (χ3n) is 6.78. The highest BCUT2D eigenvalue weighted by Gasteiger charge is 2.40. The van der Waals surface area contributed by atoms with Gasteiger partial charge in [-0.1, -0.05) is 24.6 Å². The van der Waals surface area contributed by atoms with Crippen molar-refractivity contribution in [3.63, 3.8) is 0 Å². The molecule has 2 bridgehead atoms. The molecule has 1 amide bonds. The van der Waals surface area contributed by atoms with E-state index in [1.165, 1.54) is 29.8 Å². The van der Waals surface area contributed by atoms with E-state index >= 15 is 0 Å². The summed E-state index contributed by atoms with van der Waals surface area (Å²) in [5.41, 5.74) is 4.29. The first kappa shape index (κ1) is 20.9. The van der Waals surface area contributed by atoms with Gasteiger partial charge >= 0.3 is 0 Å². The van der Waals surface area contributed by atoms with E-state index in [0.29, 0.717) is 23.2 Å². The highest BCUT2D eigenvalue weighted by atomic mass is 32.2. The van der Waals surface area contributed by atoms with E-state index in [4.69, 9.17) is 0 Å². The summed E-state index contributed by atoms with van der Waals surface area (Å²) >= 11 is 0. The first-order valence-electron chi connectivity index (χ1n) is 10.7. The third kappa shape index (κ3) is 4.38. The zero-order valence-electron chi connectivity index (χ0n) is 17.9.